The minimum Gasteiger partial charge on any atom is -0.477 e. The molecule has 0 fully saturated rings. The summed E-state index contributed by atoms with van der Waals surface area (Å²) >= 11 is 0. The van der Waals surface area contributed by atoms with Crippen LogP contribution in [0.15, 0.2) is 18.3 Å². The first-order valence-electron chi connectivity index (χ1n) is 4.31. The molecule has 1 aromatic heterocycles. The van der Waals surface area contributed by atoms with Crippen molar-refractivity contribution in [3.63, 3.8) is 0 Å². The van der Waals surface area contributed by atoms with Crippen molar-refractivity contribution in [3.8, 4) is 0 Å². The van der Waals surface area contributed by atoms with Crippen molar-refractivity contribution in [2.45, 2.75) is 6.42 Å². The molecular weight excluding hydrogens is 198 g/mol. The van der Waals surface area contributed by atoms with Gasteiger partial charge in [0, 0.05) is 24.8 Å². The summed E-state index contributed by atoms with van der Waals surface area (Å²) < 4.78 is 0. The van der Waals surface area contributed by atoms with Crippen LogP contribution in [0.3, 0.4) is 0 Å². The third-order valence-corrected chi connectivity index (χ3v) is 1.68. The second kappa shape index (κ2) is 4.94. The van der Waals surface area contributed by atoms with Crippen LogP contribution in [0.5, 0.6) is 0 Å². The van der Waals surface area contributed by atoms with E-state index in [1.54, 1.807) is 6.07 Å². The maximum absolute atomic E-state index is 10.6. The van der Waals surface area contributed by atoms with E-state index in [2.05, 4.69) is 10.3 Å². The molecule has 0 unspecified atom stereocenters. The molecule has 4 N–H and O–H groups in total. The van der Waals surface area contributed by atoms with Crippen LogP contribution < -0.4 is 11.1 Å². The lowest BCUT2D eigenvalue weighted by atomic mass is 10.3. The molecule has 80 valence electrons. The van der Waals surface area contributed by atoms with E-state index in [0.717, 1.165) is 0 Å². The summed E-state index contributed by atoms with van der Waals surface area (Å²) in [6, 6.07) is 3.01. The van der Waals surface area contributed by atoms with Gasteiger partial charge in [-0.2, -0.15) is 0 Å². The van der Waals surface area contributed by atoms with Gasteiger partial charge in [-0.3, -0.25) is 4.79 Å². The van der Waals surface area contributed by atoms with Crippen molar-refractivity contribution in [1.29, 1.82) is 0 Å². The van der Waals surface area contributed by atoms with Gasteiger partial charge in [-0.25, -0.2) is 9.78 Å². The van der Waals surface area contributed by atoms with E-state index in [1.807, 2.05) is 0 Å². The van der Waals surface area contributed by atoms with E-state index >= 15 is 0 Å². The molecule has 0 saturated heterocycles. The largest absolute Gasteiger partial charge is 0.477 e. The first-order valence-corrected chi connectivity index (χ1v) is 4.31. The van der Waals surface area contributed by atoms with Gasteiger partial charge in [0.1, 0.15) is 5.69 Å². The average molecular weight is 209 g/mol. The molecule has 0 aromatic carbocycles. The van der Waals surface area contributed by atoms with Gasteiger partial charge >= 0.3 is 5.97 Å². The standard InChI is InChI=1S/C9H11N3O3/c10-8(13)2-4-11-6-1-3-12-7(5-6)9(14)15/h1,3,5H,2,4H2,(H2,10,13)(H,11,12)(H,14,15). The quantitative estimate of drug-likeness (QED) is 0.636. The van der Waals surface area contributed by atoms with E-state index < -0.39 is 11.9 Å². The number of anilines is 1. The van der Waals surface area contributed by atoms with E-state index in [9.17, 15) is 9.59 Å². The van der Waals surface area contributed by atoms with Gasteiger partial charge in [0.05, 0.1) is 0 Å². The third kappa shape index (κ3) is 3.63. The van der Waals surface area contributed by atoms with Crippen LogP contribution in [0.2, 0.25) is 0 Å². The lowest BCUT2D eigenvalue weighted by Crippen LogP contribution is -2.16. The maximum atomic E-state index is 10.6. The highest BCUT2D eigenvalue weighted by molar-refractivity contribution is 5.86. The van der Waals surface area contributed by atoms with Gasteiger partial charge in [-0.15, -0.1) is 0 Å². The fourth-order valence-corrected chi connectivity index (χ4v) is 0.987. The number of carbonyl (C=O) groups is 2. The smallest absolute Gasteiger partial charge is 0.354 e. The molecular formula is C9H11N3O3. The van der Waals surface area contributed by atoms with Crippen LogP contribution in [0.1, 0.15) is 16.9 Å². The summed E-state index contributed by atoms with van der Waals surface area (Å²) in [5, 5.41) is 11.5. The Labute approximate surface area is 86.1 Å². The number of nitrogens with zero attached hydrogens (tertiary/aromatic N) is 1. The Morgan fingerprint density at radius 2 is 2.27 bits per heavy atom. The lowest BCUT2D eigenvalue weighted by molar-refractivity contribution is -0.117. The number of hydrogen-bond donors (Lipinski definition) is 3. The fraction of sp³-hybridized carbons (Fsp3) is 0.222. The van der Waals surface area contributed by atoms with Crippen LogP contribution in [-0.4, -0.2) is 28.5 Å². The predicted octanol–water partition coefficient (Wildman–Crippen LogP) is 0.0671. The molecule has 1 aromatic rings. The molecule has 6 heteroatoms. The summed E-state index contributed by atoms with van der Waals surface area (Å²) in [7, 11) is 0. The number of hydrogen-bond acceptors (Lipinski definition) is 4. The SMILES string of the molecule is NC(=O)CCNc1ccnc(C(=O)O)c1. The third-order valence-electron chi connectivity index (χ3n) is 1.68. The van der Waals surface area contributed by atoms with Crippen molar-refractivity contribution in [3.05, 3.63) is 24.0 Å². The van der Waals surface area contributed by atoms with Crippen molar-refractivity contribution in [2.24, 2.45) is 5.73 Å². The Kier molecular flexibility index (Phi) is 3.61. The molecule has 0 aliphatic carbocycles. The Bertz CT molecular complexity index is 379. The summed E-state index contributed by atoms with van der Waals surface area (Å²) in [5.41, 5.74) is 5.51. The van der Waals surface area contributed by atoms with Gasteiger partial charge in [0.15, 0.2) is 0 Å². The second-order valence-corrected chi connectivity index (χ2v) is 2.88. The van der Waals surface area contributed by atoms with Gasteiger partial charge in [-0.05, 0) is 12.1 Å². The number of aromatic carboxylic acids is 1. The molecule has 0 atom stereocenters. The summed E-state index contributed by atoms with van der Waals surface area (Å²) in [5.74, 6) is -1.50. The molecule has 15 heavy (non-hydrogen) atoms. The molecule has 1 heterocycles. The number of nitrogens with one attached hydrogen (secondary N) is 1. The Hall–Kier alpha value is -2.11. The minimum atomic E-state index is -1.09. The molecule has 1 amide bonds. The van der Waals surface area contributed by atoms with Gasteiger partial charge in [-0.1, -0.05) is 0 Å². The van der Waals surface area contributed by atoms with E-state index in [1.165, 1.54) is 12.3 Å². The van der Waals surface area contributed by atoms with Crippen molar-refractivity contribution < 1.29 is 14.7 Å². The van der Waals surface area contributed by atoms with Crippen molar-refractivity contribution in [1.82, 2.24) is 4.98 Å². The molecule has 0 aliphatic rings. The summed E-state index contributed by atoms with van der Waals surface area (Å²) in [4.78, 5) is 24.7. The average Bonchev–Trinajstić information content (AvgIpc) is 2.17. The Morgan fingerprint density at radius 3 is 2.87 bits per heavy atom. The van der Waals surface area contributed by atoms with Crippen LogP contribution in [0, 0.1) is 0 Å². The van der Waals surface area contributed by atoms with Crippen molar-refractivity contribution >= 4 is 17.6 Å². The topological polar surface area (TPSA) is 105 Å². The molecule has 6 nitrogen and oxygen atoms in total. The maximum Gasteiger partial charge on any atom is 0.354 e. The highest BCUT2D eigenvalue weighted by atomic mass is 16.4. The molecule has 0 saturated carbocycles. The Morgan fingerprint density at radius 1 is 1.53 bits per heavy atom. The number of rotatable bonds is 5. The normalized spacial score (nSPS) is 9.60. The number of carbonyl (C=O) groups excluding carboxylic acids is 1. The zero-order valence-corrected chi connectivity index (χ0v) is 7.93. The van der Waals surface area contributed by atoms with Gasteiger partial charge in [0.2, 0.25) is 5.91 Å². The van der Waals surface area contributed by atoms with Gasteiger partial charge < -0.3 is 16.2 Å². The molecule has 0 bridgehead atoms. The number of carboxylic acid groups (broad SMARTS) is 1. The predicted molar refractivity (Wildman–Crippen MR) is 53.5 cm³/mol. The zero-order chi connectivity index (χ0) is 11.3. The number of aromatic nitrogens is 1. The second-order valence-electron chi connectivity index (χ2n) is 2.88. The number of nitrogens with two attached hydrogens (primary N) is 1. The first kappa shape index (κ1) is 11.0. The lowest BCUT2D eigenvalue weighted by Gasteiger charge is -2.04. The zero-order valence-electron chi connectivity index (χ0n) is 7.93. The number of amides is 1. The van der Waals surface area contributed by atoms with Crippen molar-refractivity contribution in [2.75, 3.05) is 11.9 Å². The van der Waals surface area contributed by atoms with Crippen LogP contribution >= 0.6 is 0 Å². The summed E-state index contributed by atoms with van der Waals surface area (Å²) in [6.07, 6.45) is 1.58. The summed E-state index contributed by atoms with van der Waals surface area (Å²) in [6.45, 7) is 0.373. The molecule has 0 aliphatic heterocycles. The van der Waals surface area contributed by atoms with Crippen LogP contribution in [0.25, 0.3) is 0 Å². The number of carboxylic acids is 1. The molecule has 0 radical (unpaired) electrons. The van der Waals surface area contributed by atoms with Crippen LogP contribution in [0.4, 0.5) is 5.69 Å². The van der Waals surface area contributed by atoms with E-state index in [-0.39, 0.29) is 12.1 Å². The number of pyridine rings is 1. The highest BCUT2D eigenvalue weighted by Crippen LogP contribution is 2.07. The van der Waals surface area contributed by atoms with E-state index in [4.69, 9.17) is 10.8 Å². The fourth-order valence-electron chi connectivity index (χ4n) is 0.987. The van der Waals surface area contributed by atoms with Crippen LogP contribution in [-0.2, 0) is 4.79 Å². The minimum absolute atomic E-state index is 0.0425. The first-order chi connectivity index (χ1) is 7.09. The highest BCUT2D eigenvalue weighted by Gasteiger charge is 2.04. The van der Waals surface area contributed by atoms with Gasteiger partial charge in [0.25, 0.3) is 0 Å². The molecule has 0 spiro atoms. The monoisotopic (exact) mass is 209 g/mol. The number of primary amides is 1. The van der Waals surface area contributed by atoms with E-state index in [0.29, 0.717) is 12.2 Å². The Balaban J connectivity index is 2.58. The molecule has 1 rings (SSSR count).